The molecule has 0 amide bonds. The van der Waals surface area contributed by atoms with Gasteiger partial charge in [0.05, 0.1) is 24.6 Å². The molecule has 17 heavy (non-hydrogen) atoms. The number of hydrogen-bond donors (Lipinski definition) is 2. The van der Waals surface area contributed by atoms with Crippen LogP contribution in [0, 0.1) is 0 Å². The summed E-state index contributed by atoms with van der Waals surface area (Å²) in [5.74, 6) is 0. The summed E-state index contributed by atoms with van der Waals surface area (Å²) in [7, 11) is 4.05. The first-order valence-electron chi connectivity index (χ1n) is 5.61. The van der Waals surface area contributed by atoms with Crippen molar-refractivity contribution in [3.63, 3.8) is 0 Å². The molecule has 3 N–H and O–H groups in total. The van der Waals surface area contributed by atoms with Crippen LogP contribution in [0.15, 0.2) is 18.2 Å². The third-order valence-corrected chi connectivity index (χ3v) is 2.49. The molecule has 1 aromatic carbocycles. The van der Waals surface area contributed by atoms with Crippen LogP contribution in [0.5, 0.6) is 0 Å². The van der Waals surface area contributed by atoms with Gasteiger partial charge in [0, 0.05) is 18.1 Å². The lowest BCUT2D eigenvalue weighted by atomic mass is 10.2. The van der Waals surface area contributed by atoms with E-state index in [4.69, 9.17) is 22.1 Å². The zero-order valence-corrected chi connectivity index (χ0v) is 11.1. The first kappa shape index (κ1) is 14.1. The summed E-state index contributed by atoms with van der Waals surface area (Å²) in [6.07, 6.45) is 0. The number of nitrogens with zero attached hydrogens (tertiary/aromatic N) is 1. The van der Waals surface area contributed by atoms with Crippen molar-refractivity contribution >= 4 is 23.0 Å². The summed E-state index contributed by atoms with van der Waals surface area (Å²) in [4.78, 5) is 2.09. The largest absolute Gasteiger partial charge is 0.397 e. The van der Waals surface area contributed by atoms with Crippen molar-refractivity contribution in [1.29, 1.82) is 0 Å². The van der Waals surface area contributed by atoms with Crippen molar-refractivity contribution in [2.45, 2.75) is 0 Å². The van der Waals surface area contributed by atoms with Crippen LogP contribution in [0.1, 0.15) is 0 Å². The normalized spacial score (nSPS) is 10.8. The molecule has 0 fully saturated rings. The molecule has 0 atom stereocenters. The first-order chi connectivity index (χ1) is 8.09. The van der Waals surface area contributed by atoms with Crippen LogP contribution < -0.4 is 11.1 Å². The average molecular weight is 258 g/mol. The minimum absolute atomic E-state index is 0.648. The third kappa shape index (κ3) is 5.77. The molecule has 0 aliphatic heterocycles. The standard InChI is InChI=1S/C12H20ClN3O/c1-16(2)6-8-17-7-5-15-12-4-3-10(13)9-11(12)14/h3-4,9,15H,5-8,14H2,1-2H3. The number of nitrogen functional groups attached to an aromatic ring is 1. The molecule has 0 heterocycles. The number of hydrogen-bond acceptors (Lipinski definition) is 4. The first-order valence-corrected chi connectivity index (χ1v) is 5.99. The van der Waals surface area contributed by atoms with Gasteiger partial charge in [-0.25, -0.2) is 0 Å². The van der Waals surface area contributed by atoms with Gasteiger partial charge in [0.2, 0.25) is 0 Å². The van der Waals surface area contributed by atoms with Gasteiger partial charge in [-0.2, -0.15) is 0 Å². The smallest absolute Gasteiger partial charge is 0.0639 e. The van der Waals surface area contributed by atoms with Gasteiger partial charge in [0.15, 0.2) is 0 Å². The molecular formula is C12H20ClN3O. The van der Waals surface area contributed by atoms with E-state index >= 15 is 0 Å². The van der Waals surface area contributed by atoms with Crippen molar-refractivity contribution in [1.82, 2.24) is 4.90 Å². The molecule has 0 aliphatic rings. The van der Waals surface area contributed by atoms with E-state index in [1.165, 1.54) is 0 Å². The molecule has 0 radical (unpaired) electrons. The SMILES string of the molecule is CN(C)CCOCCNc1ccc(Cl)cc1N. The molecule has 0 saturated carbocycles. The Morgan fingerprint density at radius 2 is 2.12 bits per heavy atom. The highest BCUT2D eigenvalue weighted by atomic mass is 35.5. The number of halogens is 1. The molecule has 1 rings (SSSR count). The second-order valence-electron chi connectivity index (χ2n) is 4.07. The van der Waals surface area contributed by atoms with Crippen molar-refractivity contribution < 1.29 is 4.74 Å². The Kier molecular flexibility index (Phi) is 6.11. The summed E-state index contributed by atoms with van der Waals surface area (Å²) in [5, 5.41) is 3.85. The lowest BCUT2D eigenvalue weighted by molar-refractivity contribution is 0.126. The van der Waals surface area contributed by atoms with Gasteiger partial charge in [-0.15, -0.1) is 0 Å². The summed E-state index contributed by atoms with van der Waals surface area (Å²) in [5.41, 5.74) is 7.36. The number of anilines is 2. The quantitative estimate of drug-likeness (QED) is 0.579. The Bertz CT molecular complexity index is 345. The maximum absolute atomic E-state index is 5.81. The lowest BCUT2D eigenvalue weighted by Gasteiger charge is -2.11. The van der Waals surface area contributed by atoms with Gasteiger partial charge in [-0.3, -0.25) is 0 Å². The molecule has 1 aromatic rings. The van der Waals surface area contributed by atoms with E-state index in [0.29, 0.717) is 17.3 Å². The van der Waals surface area contributed by atoms with Crippen LogP contribution in [0.3, 0.4) is 0 Å². The van der Waals surface area contributed by atoms with E-state index in [1.807, 2.05) is 26.2 Å². The highest BCUT2D eigenvalue weighted by Crippen LogP contribution is 2.22. The lowest BCUT2D eigenvalue weighted by Crippen LogP contribution is -2.20. The highest BCUT2D eigenvalue weighted by molar-refractivity contribution is 6.31. The molecule has 0 aromatic heterocycles. The Morgan fingerprint density at radius 1 is 1.35 bits per heavy atom. The average Bonchev–Trinajstić information content (AvgIpc) is 2.25. The number of nitrogens with one attached hydrogen (secondary N) is 1. The topological polar surface area (TPSA) is 50.5 Å². The molecule has 0 saturated heterocycles. The van der Waals surface area contributed by atoms with Gasteiger partial charge < -0.3 is 20.7 Å². The predicted molar refractivity (Wildman–Crippen MR) is 73.7 cm³/mol. The van der Waals surface area contributed by atoms with Crippen molar-refractivity contribution in [2.75, 3.05) is 51.4 Å². The van der Waals surface area contributed by atoms with Gasteiger partial charge in [0.25, 0.3) is 0 Å². The fraction of sp³-hybridized carbons (Fsp3) is 0.500. The summed E-state index contributed by atoms with van der Waals surface area (Å²) in [6, 6.07) is 5.42. The van der Waals surface area contributed by atoms with Gasteiger partial charge in [-0.1, -0.05) is 11.6 Å². The monoisotopic (exact) mass is 257 g/mol. The van der Waals surface area contributed by atoms with Crippen molar-refractivity contribution in [3.8, 4) is 0 Å². The number of rotatable bonds is 7. The van der Waals surface area contributed by atoms with Gasteiger partial charge in [-0.05, 0) is 32.3 Å². The zero-order valence-electron chi connectivity index (χ0n) is 10.4. The second-order valence-corrected chi connectivity index (χ2v) is 4.51. The Balaban J connectivity index is 2.18. The maximum Gasteiger partial charge on any atom is 0.0639 e. The molecule has 0 bridgehead atoms. The van der Waals surface area contributed by atoms with E-state index in [9.17, 15) is 0 Å². The summed E-state index contributed by atoms with van der Waals surface area (Å²) in [6.45, 7) is 3.07. The Hall–Kier alpha value is -0.970. The molecule has 4 nitrogen and oxygen atoms in total. The number of benzene rings is 1. The summed E-state index contributed by atoms with van der Waals surface area (Å²) < 4.78 is 5.46. The van der Waals surface area contributed by atoms with Crippen LogP contribution in [0.2, 0.25) is 5.02 Å². The molecular weight excluding hydrogens is 238 g/mol. The second kappa shape index (κ2) is 7.37. The van der Waals surface area contributed by atoms with Gasteiger partial charge in [0.1, 0.15) is 0 Å². The molecule has 96 valence electrons. The number of ether oxygens (including phenoxy) is 1. The van der Waals surface area contributed by atoms with Crippen molar-refractivity contribution in [3.05, 3.63) is 23.2 Å². The van der Waals surface area contributed by atoms with E-state index in [0.717, 1.165) is 25.4 Å². The minimum Gasteiger partial charge on any atom is -0.397 e. The number of nitrogens with two attached hydrogens (primary N) is 1. The zero-order chi connectivity index (χ0) is 12.7. The van der Waals surface area contributed by atoms with Crippen LogP contribution in [-0.2, 0) is 4.74 Å². The molecule has 5 heteroatoms. The fourth-order valence-corrected chi connectivity index (χ4v) is 1.48. The van der Waals surface area contributed by atoms with Gasteiger partial charge >= 0.3 is 0 Å². The van der Waals surface area contributed by atoms with Crippen molar-refractivity contribution in [2.24, 2.45) is 0 Å². The van der Waals surface area contributed by atoms with Crippen LogP contribution >= 0.6 is 11.6 Å². The van der Waals surface area contributed by atoms with E-state index in [-0.39, 0.29) is 0 Å². The van der Waals surface area contributed by atoms with E-state index in [2.05, 4.69) is 10.2 Å². The number of likely N-dealkylation sites (N-methyl/N-ethyl adjacent to an activating group) is 1. The third-order valence-electron chi connectivity index (χ3n) is 2.26. The van der Waals surface area contributed by atoms with Crippen LogP contribution in [-0.4, -0.2) is 45.3 Å². The minimum atomic E-state index is 0.648. The molecule has 0 spiro atoms. The molecule has 0 unspecified atom stereocenters. The maximum atomic E-state index is 5.81. The highest BCUT2D eigenvalue weighted by Gasteiger charge is 1.98. The Labute approximate surface area is 108 Å². The van der Waals surface area contributed by atoms with Crippen LogP contribution in [0.4, 0.5) is 11.4 Å². The van der Waals surface area contributed by atoms with E-state index < -0.39 is 0 Å². The molecule has 0 aliphatic carbocycles. The predicted octanol–water partition coefficient (Wildman–Crippen LogP) is 1.91. The fourth-order valence-electron chi connectivity index (χ4n) is 1.30. The van der Waals surface area contributed by atoms with Crippen LogP contribution in [0.25, 0.3) is 0 Å². The van der Waals surface area contributed by atoms with E-state index in [1.54, 1.807) is 6.07 Å². The Morgan fingerprint density at radius 3 is 2.76 bits per heavy atom. The summed E-state index contributed by atoms with van der Waals surface area (Å²) >= 11 is 5.81.